The summed E-state index contributed by atoms with van der Waals surface area (Å²) in [5.74, 6) is -1.31. The van der Waals surface area contributed by atoms with Crippen molar-refractivity contribution in [3.05, 3.63) is 20.6 Å². The van der Waals surface area contributed by atoms with Crippen LogP contribution in [0.3, 0.4) is 0 Å². The summed E-state index contributed by atoms with van der Waals surface area (Å²) in [4.78, 5) is 30.2. The Bertz CT molecular complexity index is 408. The van der Waals surface area contributed by atoms with Gasteiger partial charge in [0.05, 0.1) is 14.2 Å². The molecule has 1 aromatic heterocycles. The van der Waals surface area contributed by atoms with E-state index in [1.807, 2.05) is 0 Å². The second-order valence-electron chi connectivity index (χ2n) is 2.49. The summed E-state index contributed by atoms with van der Waals surface area (Å²) in [5, 5.41) is 0. The first-order chi connectivity index (χ1) is 7.51. The van der Waals surface area contributed by atoms with Gasteiger partial charge in [-0.3, -0.25) is 0 Å². The number of methoxy groups -OCH3 is 2. The standard InChI is InChI=1S/C8H6Br2N2O4/c1-15-7(13)3-5(9)12-4(6(10)11-3)8(14)16-2/h1-2H3. The second kappa shape index (κ2) is 5.35. The van der Waals surface area contributed by atoms with Crippen molar-refractivity contribution < 1.29 is 19.1 Å². The zero-order valence-electron chi connectivity index (χ0n) is 8.28. The van der Waals surface area contributed by atoms with Crippen LogP contribution in [0.4, 0.5) is 0 Å². The Morgan fingerprint density at radius 3 is 1.50 bits per heavy atom. The van der Waals surface area contributed by atoms with Crippen molar-refractivity contribution in [3.8, 4) is 0 Å². The molecule has 0 aliphatic carbocycles. The van der Waals surface area contributed by atoms with Gasteiger partial charge in [0.1, 0.15) is 9.21 Å². The molecule has 0 fully saturated rings. The summed E-state index contributed by atoms with van der Waals surface area (Å²) in [6.45, 7) is 0. The van der Waals surface area contributed by atoms with Gasteiger partial charge in [0, 0.05) is 0 Å². The molecule has 1 aromatic rings. The molecule has 0 saturated heterocycles. The third-order valence-corrected chi connectivity index (χ3v) is 2.67. The van der Waals surface area contributed by atoms with E-state index < -0.39 is 11.9 Å². The second-order valence-corrected chi connectivity index (χ2v) is 3.99. The molecule has 86 valence electrons. The normalized spacial score (nSPS) is 9.75. The summed E-state index contributed by atoms with van der Waals surface area (Å²) in [6, 6.07) is 0. The number of esters is 2. The third kappa shape index (κ3) is 2.56. The van der Waals surface area contributed by atoms with Crippen LogP contribution in [0.25, 0.3) is 0 Å². The first-order valence-electron chi connectivity index (χ1n) is 3.91. The number of rotatable bonds is 2. The largest absolute Gasteiger partial charge is 0.464 e. The maximum Gasteiger partial charge on any atom is 0.359 e. The van der Waals surface area contributed by atoms with Gasteiger partial charge in [-0.25, -0.2) is 19.6 Å². The zero-order chi connectivity index (χ0) is 12.3. The van der Waals surface area contributed by atoms with Crippen molar-refractivity contribution >= 4 is 43.8 Å². The van der Waals surface area contributed by atoms with E-state index in [4.69, 9.17) is 0 Å². The van der Waals surface area contributed by atoms with Gasteiger partial charge in [-0.15, -0.1) is 0 Å². The molecule has 0 aliphatic heterocycles. The minimum atomic E-state index is -0.656. The van der Waals surface area contributed by atoms with E-state index in [9.17, 15) is 9.59 Å². The van der Waals surface area contributed by atoms with Crippen LogP contribution in [0, 0.1) is 0 Å². The van der Waals surface area contributed by atoms with E-state index in [-0.39, 0.29) is 20.6 Å². The monoisotopic (exact) mass is 352 g/mol. The van der Waals surface area contributed by atoms with Crippen LogP contribution in [0.1, 0.15) is 21.0 Å². The maximum absolute atomic E-state index is 11.2. The van der Waals surface area contributed by atoms with Crippen molar-refractivity contribution in [3.63, 3.8) is 0 Å². The van der Waals surface area contributed by atoms with Crippen LogP contribution in [0.5, 0.6) is 0 Å². The lowest BCUT2D eigenvalue weighted by molar-refractivity contribution is 0.0573. The fourth-order valence-electron chi connectivity index (χ4n) is 0.848. The Labute approximate surface area is 108 Å². The van der Waals surface area contributed by atoms with E-state index in [1.54, 1.807) is 0 Å². The topological polar surface area (TPSA) is 78.4 Å². The summed E-state index contributed by atoms with van der Waals surface area (Å²) >= 11 is 6.03. The summed E-state index contributed by atoms with van der Waals surface area (Å²) < 4.78 is 9.21. The Balaban J connectivity index is 3.27. The van der Waals surface area contributed by atoms with E-state index in [2.05, 4.69) is 51.3 Å². The van der Waals surface area contributed by atoms with Gasteiger partial charge in [-0.1, -0.05) is 0 Å². The molecule has 1 rings (SSSR count). The first kappa shape index (κ1) is 13.0. The molecule has 0 atom stereocenters. The SMILES string of the molecule is COC(=O)c1nc(Br)c(C(=O)OC)nc1Br. The smallest absolute Gasteiger partial charge is 0.359 e. The number of carbonyl (C=O) groups excluding carboxylic acids is 2. The highest BCUT2D eigenvalue weighted by Gasteiger charge is 2.21. The molecule has 6 nitrogen and oxygen atoms in total. The van der Waals surface area contributed by atoms with E-state index in [0.29, 0.717) is 0 Å². The van der Waals surface area contributed by atoms with Crippen LogP contribution >= 0.6 is 31.9 Å². The predicted octanol–water partition coefficient (Wildman–Crippen LogP) is 1.57. The Hall–Kier alpha value is -1.02. The van der Waals surface area contributed by atoms with Gasteiger partial charge < -0.3 is 9.47 Å². The molecule has 8 heteroatoms. The van der Waals surface area contributed by atoms with Crippen LogP contribution in [-0.2, 0) is 9.47 Å². The lowest BCUT2D eigenvalue weighted by Gasteiger charge is -2.05. The van der Waals surface area contributed by atoms with Crippen molar-refractivity contribution in [2.24, 2.45) is 0 Å². The minimum absolute atomic E-state index is 0.0259. The molecule has 0 saturated carbocycles. The van der Waals surface area contributed by atoms with Crippen molar-refractivity contribution in [1.82, 2.24) is 9.97 Å². The van der Waals surface area contributed by atoms with Crippen LogP contribution in [0.15, 0.2) is 9.21 Å². The molecular weight excluding hydrogens is 348 g/mol. The van der Waals surface area contributed by atoms with Gasteiger partial charge in [0.25, 0.3) is 0 Å². The van der Waals surface area contributed by atoms with Crippen molar-refractivity contribution in [2.45, 2.75) is 0 Å². The number of hydrogen-bond acceptors (Lipinski definition) is 6. The molecular formula is C8H6Br2N2O4. The van der Waals surface area contributed by atoms with Gasteiger partial charge in [-0.2, -0.15) is 0 Å². The molecule has 0 radical (unpaired) electrons. The molecule has 0 aliphatic rings. The van der Waals surface area contributed by atoms with Crippen LogP contribution in [0.2, 0.25) is 0 Å². The number of halogens is 2. The van der Waals surface area contributed by atoms with Gasteiger partial charge >= 0.3 is 11.9 Å². The molecule has 0 N–H and O–H groups in total. The molecule has 16 heavy (non-hydrogen) atoms. The number of hydrogen-bond donors (Lipinski definition) is 0. The summed E-state index contributed by atoms with van der Waals surface area (Å²) in [6.07, 6.45) is 0. The minimum Gasteiger partial charge on any atom is -0.464 e. The number of carbonyl (C=O) groups is 2. The summed E-state index contributed by atoms with van der Waals surface area (Å²) in [5.41, 5.74) is -0.0518. The Kier molecular flexibility index (Phi) is 4.36. The van der Waals surface area contributed by atoms with E-state index in [0.717, 1.165) is 0 Å². The lowest BCUT2D eigenvalue weighted by atomic mass is 10.4. The van der Waals surface area contributed by atoms with Crippen molar-refractivity contribution in [1.29, 1.82) is 0 Å². The highest BCUT2D eigenvalue weighted by Crippen LogP contribution is 2.20. The number of ether oxygens (including phenoxy) is 2. The molecule has 0 spiro atoms. The van der Waals surface area contributed by atoms with Crippen molar-refractivity contribution in [2.75, 3.05) is 14.2 Å². The average Bonchev–Trinajstić information content (AvgIpc) is 2.29. The molecule has 1 heterocycles. The molecule has 0 unspecified atom stereocenters. The average molecular weight is 354 g/mol. The molecule has 0 bridgehead atoms. The fourth-order valence-corrected chi connectivity index (χ4v) is 1.70. The third-order valence-electron chi connectivity index (χ3n) is 1.57. The maximum atomic E-state index is 11.2. The highest BCUT2D eigenvalue weighted by atomic mass is 79.9. The molecule has 0 amide bonds. The highest BCUT2D eigenvalue weighted by molar-refractivity contribution is 9.11. The first-order valence-corrected chi connectivity index (χ1v) is 5.49. The van der Waals surface area contributed by atoms with Crippen LogP contribution in [-0.4, -0.2) is 36.1 Å². The molecule has 0 aromatic carbocycles. The number of nitrogens with zero attached hydrogens (tertiary/aromatic N) is 2. The zero-order valence-corrected chi connectivity index (χ0v) is 11.5. The van der Waals surface area contributed by atoms with E-state index in [1.165, 1.54) is 14.2 Å². The number of aromatic nitrogens is 2. The summed E-state index contributed by atoms with van der Waals surface area (Å²) in [7, 11) is 2.44. The van der Waals surface area contributed by atoms with Gasteiger partial charge in [-0.05, 0) is 31.9 Å². The fraction of sp³-hybridized carbons (Fsp3) is 0.250. The van der Waals surface area contributed by atoms with E-state index >= 15 is 0 Å². The predicted molar refractivity (Wildman–Crippen MR) is 60.1 cm³/mol. The van der Waals surface area contributed by atoms with Gasteiger partial charge in [0.2, 0.25) is 0 Å². The lowest BCUT2D eigenvalue weighted by Crippen LogP contribution is -2.13. The van der Waals surface area contributed by atoms with Gasteiger partial charge in [0.15, 0.2) is 11.4 Å². The Morgan fingerprint density at radius 2 is 1.25 bits per heavy atom. The van der Waals surface area contributed by atoms with Crippen LogP contribution < -0.4 is 0 Å². The quantitative estimate of drug-likeness (QED) is 0.751. The Morgan fingerprint density at radius 1 is 0.938 bits per heavy atom.